The van der Waals surface area contributed by atoms with Crippen molar-refractivity contribution in [3.05, 3.63) is 12.3 Å². The minimum Gasteiger partial charge on any atom is -0.481 e. The van der Waals surface area contributed by atoms with Crippen molar-refractivity contribution >= 4 is 5.95 Å². The zero-order valence-corrected chi connectivity index (χ0v) is 13.0. The minimum atomic E-state index is 0.638. The quantitative estimate of drug-likeness (QED) is 0.814. The molecule has 116 valence electrons. The summed E-state index contributed by atoms with van der Waals surface area (Å²) in [5, 5.41) is 0. The number of likely N-dealkylation sites (N-methyl/N-ethyl adjacent to an activating group) is 1. The minimum absolute atomic E-state index is 0.638. The Labute approximate surface area is 126 Å². The first-order valence-corrected chi connectivity index (χ1v) is 7.88. The Bertz CT molecular complexity index is 461. The maximum Gasteiger partial charge on any atom is 0.228 e. The summed E-state index contributed by atoms with van der Waals surface area (Å²) in [7, 11) is 1.64. The fourth-order valence-corrected chi connectivity index (χ4v) is 3.26. The van der Waals surface area contributed by atoms with E-state index in [1.165, 1.54) is 39.1 Å². The average molecular weight is 291 g/mol. The molecule has 2 fully saturated rings. The molecule has 3 rings (SSSR count). The second-order valence-electron chi connectivity index (χ2n) is 5.76. The van der Waals surface area contributed by atoms with Crippen LogP contribution >= 0.6 is 0 Å². The Balaban J connectivity index is 1.58. The van der Waals surface area contributed by atoms with Crippen molar-refractivity contribution in [3.8, 4) is 5.88 Å². The third-order valence-electron chi connectivity index (χ3n) is 4.64. The van der Waals surface area contributed by atoms with Gasteiger partial charge >= 0.3 is 0 Å². The molecule has 0 aromatic carbocycles. The van der Waals surface area contributed by atoms with Crippen molar-refractivity contribution < 1.29 is 4.74 Å². The molecule has 0 spiro atoms. The number of ether oxygens (including phenoxy) is 1. The fraction of sp³-hybridized carbons (Fsp3) is 0.733. The highest BCUT2D eigenvalue weighted by Crippen LogP contribution is 2.22. The van der Waals surface area contributed by atoms with Gasteiger partial charge in [0.1, 0.15) is 0 Å². The third-order valence-corrected chi connectivity index (χ3v) is 4.64. The summed E-state index contributed by atoms with van der Waals surface area (Å²) >= 11 is 0. The number of aromatic nitrogens is 2. The summed E-state index contributed by atoms with van der Waals surface area (Å²) in [5.74, 6) is 1.43. The van der Waals surface area contributed by atoms with Crippen LogP contribution in [0.15, 0.2) is 12.3 Å². The van der Waals surface area contributed by atoms with Crippen LogP contribution < -0.4 is 9.64 Å². The van der Waals surface area contributed by atoms with Crippen molar-refractivity contribution in [2.24, 2.45) is 0 Å². The highest BCUT2D eigenvalue weighted by molar-refractivity contribution is 5.34. The molecule has 1 aromatic rings. The molecule has 6 heteroatoms. The molecule has 3 heterocycles. The molecule has 1 atom stereocenters. The van der Waals surface area contributed by atoms with Crippen molar-refractivity contribution in [1.82, 2.24) is 19.8 Å². The third kappa shape index (κ3) is 3.27. The van der Waals surface area contributed by atoms with Crippen molar-refractivity contribution in [2.45, 2.75) is 19.4 Å². The van der Waals surface area contributed by atoms with Crippen molar-refractivity contribution in [2.75, 3.05) is 57.8 Å². The Morgan fingerprint density at radius 2 is 2.05 bits per heavy atom. The van der Waals surface area contributed by atoms with E-state index in [-0.39, 0.29) is 0 Å². The molecular weight excluding hydrogens is 266 g/mol. The van der Waals surface area contributed by atoms with Crippen molar-refractivity contribution in [3.63, 3.8) is 0 Å². The SMILES string of the molecule is CCN1CCN(C2CCN(c3nccc(OC)n3)C2)CC1. The molecule has 0 N–H and O–H groups in total. The van der Waals surface area contributed by atoms with Crippen LogP contribution in [0.3, 0.4) is 0 Å². The Morgan fingerprint density at radius 1 is 1.24 bits per heavy atom. The van der Waals surface area contributed by atoms with Crippen LogP contribution in [0.5, 0.6) is 5.88 Å². The van der Waals surface area contributed by atoms with Crippen LogP contribution in [-0.4, -0.2) is 78.7 Å². The van der Waals surface area contributed by atoms with E-state index in [1.54, 1.807) is 19.4 Å². The Kier molecular flexibility index (Phi) is 4.55. The molecule has 6 nitrogen and oxygen atoms in total. The summed E-state index contributed by atoms with van der Waals surface area (Å²) in [5.41, 5.74) is 0. The average Bonchev–Trinajstić information content (AvgIpc) is 3.05. The van der Waals surface area contributed by atoms with Gasteiger partial charge in [-0.15, -0.1) is 0 Å². The molecule has 2 aliphatic rings. The van der Waals surface area contributed by atoms with E-state index in [2.05, 4.69) is 31.6 Å². The first-order chi connectivity index (χ1) is 10.3. The second-order valence-corrected chi connectivity index (χ2v) is 5.76. The lowest BCUT2D eigenvalue weighted by atomic mass is 10.2. The first-order valence-electron chi connectivity index (χ1n) is 7.88. The number of hydrogen-bond donors (Lipinski definition) is 0. The van der Waals surface area contributed by atoms with Crippen LogP contribution in [0.25, 0.3) is 0 Å². The highest BCUT2D eigenvalue weighted by atomic mass is 16.5. The molecule has 0 radical (unpaired) electrons. The number of rotatable bonds is 4. The number of nitrogens with zero attached hydrogens (tertiary/aromatic N) is 5. The molecular formula is C15H25N5O. The predicted octanol–water partition coefficient (Wildman–Crippen LogP) is 0.701. The lowest BCUT2D eigenvalue weighted by Crippen LogP contribution is -2.50. The number of piperazine rings is 1. The van der Waals surface area contributed by atoms with Gasteiger partial charge in [-0.1, -0.05) is 6.92 Å². The molecule has 0 bridgehead atoms. The van der Waals surface area contributed by atoms with Gasteiger partial charge in [0.05, 0.1) is 7.11 Å². The second kappa shape index (κ2) is 6.58. The molecule has 0 aliphatic carbocycles. The smallest absolute Gasteiger partial charge is 0.228 e. The van der Waals surface area contributed by atoms with Gasteiger partial charge in [-0.05, 0) is 13.0 Å². The van der Waals surface area contributed by atoms with Gasteiger partial charge in [0.15, 0.2) is 0 Å². The Morgan fingerprint density at radius 3 is 2.76 bits per heavy atom. The highest BCUT2D eigenvalue weighted by Gasteiger charge is 2.30. The zero-order valence-electron chi connectivity index (χ0n) is 13.0. The summed E-state index contributed by atoms with van der Waals surface area (Å²) in [6.07, 6.45) is 2.97. The molecule has 1 unspecified atom stereocenters. The predicted molar refractivity (Wildman–Crippen MR) is 82.9 cm³/mol. The van der Waals surface area contributed by atoms with Gasteiger partial charge in [0, 0.05) is 57.6 Å². The summed E-state index contributed by atoms with van der Waals surface area (Å²) < 4.78 is 5.19. The largest absolute Gasteiger partial charge is 0.481 e. The molecule has 2 saturated heterocycles. The van der Waals surface area contributed by atoms with E-state index in [0.717, 1.165) is 19.0 Å². The van der Waals surface area contributed by atoms with Crippen LogP contribution in [0, 0.1) is 0 Å². The molecule has 0 amide bonds. The first kappa shape index (κ1) is 14.5. The van der Waals surface area contributed by atoms with Crippen LogP contribution in [0.4, 0.5) is 5.95 Å². The van der Waals surface area contributed by atoms with Gasteiger partial charge in [-0.2, -0.15) is 4.98 Å². The number of anilines is 1. The van der Waals surface area contributed by atoms with Gasteiger partial charge in [-0.25, -0.2) is 4.98 Å². The summed E-state index contributed by atoms with van der Waals surface area (Å²) in [4.78, 5) is 16.3. The van der Waals surface area contributed by atoms with Crippen molar-refractivity contribution in [1.29, 1.82) is 0 Å². The fourth-order valence-electron chi connectivity index (χ4n) is 3.26. The van der Waals surface area contributed by atoms with Crippen LogP contribution in [-0.2, 0) is 0 Å². The van der Waals surface area contributed by atoms with Crippen LogP contribution in [0.1, 0.15) is 13.3 Å². The monoisotopic (exact) mass is 291 g/mol. The maximum atomic E-state index is 5.19. The number of hydrogen-bond acceptors (Lipinski definition) is 6. The number of methoxy groups -OCH3 is 1. The zero-order chi connectivity index (χ0) is 14.7. The van der Waals surface area contributed by atoms with Crippen LogP contribution in [0.2, 0.25) is 0 Å². The Hall–Kier alpha value is -1.40. The van der Waals surface area contributed by atoms with Gasteiger partial charge in [0.25, 0.3) is 0 Å². The standard InChI is InChI=1S/C15H25N5O/c1-3-18-8-10-19(11-9-18)13-5-7-20(12-13)15-16-6-4-14(17-15)21-2/h4,6,13H,3,5,7-12H2,1-2H3. The topological polar surface area (TPSA) is 44.7 Å². The lowest BCUT2D eigenvalue weighted by molar-refractivity contribution is 0.107. The van der Waals surface area contributed by atoms with E-state index in [1.807, 2.05) is 0 Å². The summed E-state index contributed by atoms with van der Waals surface area (Å²) in [6, 6.07) is 2.43. The van der Waals surface area contributed by atoms with Gasteiger partial charge in [-0.3, -0.25) is 4.90 Å². The molecule has 21 heavy (non-hydrogen) atoms. The van der Waals surface area contributed by atoms with E-state index < -0.39 is 0 Å². The van der Waals surface area contributed by atoms with E-state index >= 15 is 0 Å². The van der Waals surface area contributed by atoms with E-state index in [9.17, 15) is 0 Å². The normalized spacial score (nSPS) is 24.5. The van der Waals surface area contributed by atoms with E-state index in [4.69, 9.17) is 4.74 Å². The molecule has 0 saturated carbocycles. The van der Waals surface area contributed by atoms with Gasteiger partial charge in [0.2, 0.25) is 11.8 Å². The summed E-state index contributed by atoms with van der Waals surface area (Å²) in [6.45, 7) is 10.2. The maximum absolute atomic E-state index is 5.19. The van der Waals surface area contributed by atoms with Gasteiger partial charge < -0.3 is 14.5 Å². The lowest BCUT2D eigenvalue weighted by Gasteiger charge is -2.37. The molecule has 1 aromatic heterocycles. The van der Waals surface area contributed by atoms with E-state index in [0.29, 0.717) is 11.9 Å². The molecule has 2 aliphatic heterocycles.